The molecule has 2 aromatic rings. The number of amides is 2. The van der Waals surface area contributed by atoms with E-state index in [1.165, 1.54) is 0 Å². The minimum Gasteiger partial charge on any atom is -0.426 e. The van der Waals surface area contributed by atoms with Crippen LogP contribution in [0.3, 0.4) is 0 Å². The molecule has 39 heavy (non-hydrogen) atoms. The number of ether oxygens (including phenoxy) is 1. The van der Waals surface area contributed by atoms with Crippen molar-refractivity contribution in [2.45, 2.75) is 68.0 Å². The van der Waals surface area contributed by atoms with Gasteiger partial charge in [-0.2, -0.15) is 22.0 Å². The van der Waals surface area contributed by atoms with Gasteiger partial charge in [0.25, 0.3) is 17.4 Å². The standard InChI is InChI=1S/C23H21ClF8N4O3/c1-20(13-10-33-12-34-11-13,19(38)35-14-6-8-21(26,27)9-7-14)36(18(37)17(24)25)15-2-4-16(5-3-15)39-23(31,32)22(28,29)30/h2-5,10-12,14,17H,6-9H2,1H3,(H,35,38)/t17-,20+/m0/s1. The Kier molecular flexibility index (Phi) is 8.63. The van der Waals surface area contributed by atoms with Crippen LogP contribution in [0.4, 0.5) is 40.8 Å². The Labute approximate surface area is 221 Å². The molecule has 0 spiro atoms. The predicted molar refractivity (Wildman–Crippen MR) is 121 cm³/mol. The second kappa shape index (κ2) is 11.1. The maximum Gasteiger partial charge on any atom is 0.499 e. The van der Waals surface area contributed by atoms with Gasteiger partial charge in [0, 0.05) is 42.5 Å². The zero-order valence-corrected chi connectivity index (χ0v) is 20.7. The zero-order valence-electron chi connectivity index (χ0n) is 20.0. The Morgan fingerprint density at radius 1 is 1.08 bits per heavy atom. The number of nitrogens with zero attached hydrogens (tertiary/aromatic N) is 3. The predicted octanol–water partition coefficient (Wildman–Crippen LogP) is 5.49. The summed E-state index contributed by atoms with van der Waals surface area (Å²) in [6.07, 6.45) is -9.48. The van der Waals surface area contributed by atoms with Crippen molar-refractivity contribution in [1.29, 1.82) is 0 Å². The number of hydrogen-bond donors (Lipinski definition) is 1. The number of nitrogens with one attached hydrogen (secondary N) is 1. The van der Waals surface area contributed by atoms with Gasteiger partial charge in [-0.25, -0.2) is 23.1 Å². The maximum absolute atomic E-state index is 14.2. The zero-order chi connectivity index (χ0) is 29.2. The molecule has 1 aromatic carbocycles. The van der Waals surface area contributed by atoms with E-state index in [0.29, 0.717) is 17.0 Å². The Morgan fingerprint density at radius 2 is 1.62 bits per heavy atom. The van der Waals surface area contributed by atoms with E-state index in [1.807, 2.05) is 0 Å². The number of alkyl halides is 9. The number of benzene rings is 1. The van der Waals surface area contributed by atoms with Crippen molar-refractivity contribution in [3.63, 3.8) is 0 Å². The fourth-order valence-electron chi connectivity index (χ4n) is 4.00. The molecule has 0 unspecified atom stereocenters. The minimum absolute atomic E-state index is 0.0850. The van der Waals surface area contributed by atoms with Crippen LogP contribution in [0.5, 0.6) is 5.75 Å². The highest BCUT2D eigenvalue weighted by atomic mass is 35.5. The summed E-state index contributed by atoms with van der Waals surface area (Å²) >= 11 is 5.41. The van der Waals surface area contributed by atoms with Crippen molar-refractivity contribution in [3.8, 4) is 5.75 Å². The van der Waals surface area contributed by atoms with E-state index in [9.17, 15) is 44.7 Å². The molecule has 1 aliphatic carbocycles. The minimum atomic E-state index is -6.03. The number of carbonyl (C=O) groups is 2. The molecule has 3 rings (SSSR count). The molecule has 0 saturated heterocycles. The molecule has 0 bridgehead atoms. The van der Waals surface area contributed by atoms with Gasteiger partial charge in [0.15, 0.2) is 5.54 Å². The van der Waals surface area contributed by atoms with Gasteiger partial charge in [0.1, 0.15) is 12.1 Å². The molecule has 1 saturated carbocycles. The average molecular weight is 589 g/mol. The van der Waals surface area contributed by atoms with Crippen LogP contribution in [0, 0.1) is 0 Å². The monoisotopic (exact) mass is 588 g/mol. The summed E-state index contributed by atoms with van der Waals surface area (Å²) in [7, 11) is 0. The lowest BCUT2D eigenvalue weighted by molar-refractivity contribution is -0.360. The SMILES string of the molecule is C[C@](C(=O)NC1CCC(F)(F)CC1)(c1cncnc1)N(C(=O)[C@H](F)Cl)c1ccc(OC(F)(F)C(F)(F)F)cc1. The van der Waals surface area contributed by atoms with E-state index in [-0.39, 0.29) is 24.1 Å². The summed E-state index contributed by atoms with van der Waals surface area (Å²) in [5.41, 5.74) is -5.38. The smallest absolute Gasteiger partial charge is 0.426 e. The summed E-state index contributed by atoms with van der Waals surface area (Å²) in [4.78, 5) is 34.8. The second-order valence-corrected chi connectivity index (χ2v) is 9.27. The second-order valence-electron chi connectivity index (χ2n) is 8.89. The lowest BCUT2D eigenvalue weighted by Crippen LogP contribution is -2.60. The molecule has 1 N–H and O–H groups in total. The highest BCUT2D eigenvalue weighted by molar-refractivity contribution is 6.32. The highest BCUT2D eigenvalue weighted by Crippen LogP contribution is 2.40. The number of rotatable bonds is 8. The van der Waals surface area contributed by atoms with Crippen molar-refractivity contribution in [2.24, 2.45) is 0 Å². The van der Waals surface area contributed by atoms with E-state index in [2.05, 4.69) is 20.0 Å². The number of anilines is 1. The summed E-state index contributed by atoms with van der Waals surface area (Å²) < 4.78 is 109. The topological polar surface area (TPSA) is 84.4 Å². The molecule has 1 aliphatic rings. The average Bonchev–Trinajstić information content (AvgIpc) is 2.85. The Balaban J connectivity index is 2.03. The van der Waals surface area contributed by atoms with Gasteiger partial charge in [-0.3, -0.25) is 14.5 Å². The van der Waals surface area contributed by atoms with Crippen LogP contribution in [0.15, 0.2) is 43.0 Å². The first-order valence-corrected chi connectivity index (χ1v) is 11.7. The van der Waals surface area contributed by atoms with Crippen molar-refractivity contribution < 1.29 is 49.4 Å². The van der Waals surface area contributed by atoms with Gasteiger partial charge in [-0.05, 0) is 44.0 Å². The third kappa shape index (κ3) is 6.68. The molecule has 7 nitrogen and oxygen atoms in total. The number of carbonyl (C=O) groups excluding carboxylic acids is 2. The Morgan fingerprint density at radius 3 is 2.10 bits per heavy atom. The number of halogens is 9. The normalized spacial score (nSPS) is 18.5. The number of hydrogen-bond acceptors (Lipinski definition) is 5. The van der Waals surface area contributed by atoms with Crippen molar-refractivity contribution in [2.75, 3.05) is 4.90 Å². The van der Waals surface area contributed by atoms with Crippen LogP contribution < -0.4 is 15.0 Å². The maximum atomic E-state index is 14.2. The van der Waals surface area contributed by atoms with Crippen LogP contribution in [0.1, 0.15) is 38.2 Å². The molecular weight excluding hydrogens is 568 g/mol. The van der Waals surface area contributed by atoms with Gasteiger partial charge in [0.2, 0.25) is 5.92 Å². The summed E-state index contributed by atoms with van der Waals surface area (Å²) in [6.45, 7) is 1.15. The van der Waals surface area contributed by atoms with Crippen LogP contribution in [0.2, 0.25) is 0 Å². The first-order chi connectivity index (χ1) is 18.0. The molecule has 1 aromatic heterocycles. The van der Waals surface area contributed by atoms with Crippen LogP contribution in [-0.2, 0) is 15.1 Å². The van der Waals surface area contributed by atoms with Gasteiger partial charge < -0.3 is 10.1 Å². The summed E-state index contributed by atoms with van der Waals surface area (Å²) in [5, 5.41) is 2.56. The molecule has 1 heterocycles. The van der Waals surface area contributed by atoms with E-state index in [4.69, 9.17) is 11.6 Å². The fourth-order valence-corrected chi connectivity index (χ4v) is 4.09. The van der Waals surface area contributed by atoms with Crippen molar-refractivity contribution in [1.82, 2.24) is 15.3 Å². The first-order valence-electron chi connectivity index (χ1n) is 11.3. The van der Waals surface area contributed by atoms with Crippen molar-refractivity contribution in [3.05, 3.63) is 48.5 Å². The Bertz CT molecular complexity index is 1160. The molecular formula is C23H21ClF8N4O3. The van der Waals surface area contributed by atoms with Crippen molar-refractivity contribution >= 4 is 29.1 Å². The van der Waals surface area contributed by atoms with Gasteiger partial charge in [0.05, 0.1) is 0 Å². The molecule has 2 amide bonds. The summed E-state index contributed by atoms with van der Waals surface area (Å²) in [6, 6.07) is 2.19. The Hall–Kier alpha value is -3.23. The van der Waals surface area contributed by atoms with E-state index < -0.39 is 65.8 Å². The largest absolute Gasteiger partial charge is 0.499 e. The van der Waals surface area contributed by atoms with Crippen LogP contribution in [-0.4, -0.2) is 51.7 Å². The molecule has 1 fully saturated rings. The lowest BCUT2D eigenvalue weighted by Gasteiger charge is -2.41. The third-order valence-corrected chi connectivity index (χ3v) is 6.33. The van der Waals surface area contributed by atoms with E-state index >= 15 is 0 Å². The van der Waals surface area contributed by atoms with Gasteiger partial charge in [-0.1, -0.05) is 11.6 Å². The highest BCUT2D eigenvalue weighted by Gasteiger charge is 2.61. The fraction of sp³-hybridized carbons (Fsp3) is 0.478. The molecule has 0 radical (unpaired) electrons. The lowest BCUT2D eigenvalue weighted by atomic mass is 9.87. The quantitative estimate of drug-likeness (QED) is 0.326. The first kappa shape index (κ1) is 30.3. The molecule has 2 atom stereocenters. The summed E-state index contributed by atoms with van der Waals surface area (Å²) in [5.74, 6) is -6.36. The molecule has 0 aliphatic heterocycles. The van der Waals surface area contributed by atoms with E-state index in [0.717, 1.165) is 37.8 Å². The van der Waals surface area contributed by atoms with E-state index in [1.54, 1.807) is 0 Å². The number of aromatic nitrogens is 2. The van der Waals surface area contributed by atoms with Crippen LogP contribution in [0.25, 0.3) is 0 Å². The molecule has 16 heteroatoms. The molecule has 214 valence electrons. The van der Waals surface area contributed by atoms with Gasteiger partial charge >= 0.3 is 12.3 Å². The van der Waals surface area contributed by atoms with Gasteiger partial charge in [-0.15, -0.1) is 0 Å². The third-order valence-electron chi connectivity index (χ3n) is 6.14. The van der Waals surface area contributed by atoms with Crippen LogP contribution >= 0.6 is 11.6 Å².